The lowest BCUT2D eigenvalue weighted by Crippen LogP contribution is -2.41. The van der Waals surface area contributed by atoms with E-state index in [0.29, 0.717) is 35.5 Å². The standard InChI is InChI=1S/C25H44.C16H24.C11H19N.C11H24.C9H18.C4H4.C3H6.3C2H6/c1-9-15-23-20(12-4)16-17-21(13-5)25(23)24(18(7)8)22(14-6)19(10-2)11-3;1-5-15(6-2)16-10-8-7-9-14(12-16)11-13(3)4;1-2-3-7-10-8-5-4-6-9-11(10)12;1-4-6-7-8-10-11(3)9-5-2;1-5-7-9(6-2)8(3)4;1-3-4-2;1-3-2;3*1-2/h10,12,18,20-21,23-25H,2,4,9,11,13-17H2,1,3,5-8H3;5,7-9,13-15H,1,6,11-12H2,2-4H3;4-5,9-10H,2-3,6-8,12H2,1H3;11H,4-10H2,1-3H3;7-8H,5-6H2,1-4H3;1,4H,2H2;3H,1H2,2H3;3*1-2H3/b22-19-;;;;9-7-;;;;;. The van der Waals surface area contributed by atoms with E-state index in [1.165, 1.54) is 139 Å². The first-order chi connectivity index (χ1) is 41.4. The highest BCUT2D eigenvalue weighted by Crippen LogP contribution is 2.51. The molecule has 0 aromatic heterocycles. The van der Waals surface area contributed by atoms with Crippen molar-refractivity contribution in [2.24, 2.45) is 76.7 Å². The summed E-state index contributed by atoms with van der Waals surface area (Å²) in [4.78, 5) is 0. The summed E-state index contributed by atoms with van der Waals surface area (Å²) in [6, 6.07) is 0. The maximum absolute atomic E-state index is 5.94. The fourth-order valence-electron chi connectivity index (χ4n) is 12.3. The van der Waals surface area contributed by atoms with Crippen molar-refractivity contribution in [1.29, 1.82) is 0 Å². The molecule has 1 heteroatoms. The lowest BCUT2D eigenvalue weighted by molar-refractivity contribution is 0.0458. The summed E-state index contributed by atoms with van der Waals surface area (Å²) in [6.07, 6.45) is 60.6. The van der Waals surface area contributed by atoms with Crippen molar-refractivity contribution in [1.82, 2.24) is 0 Å². The number of hydrogen-bond acceptors (Lipinski definition) is 1. The summed E-state index contributed by atoms with van der Waals surface area (Å²) in [5, 5.41) is 0. The minimum absolute atomic E-state index is 0.505. The molecule has 0 heterocycles. The average molecular weight is 1190 g/mol. The van der Waals surface area contributed by atoms with Crippen LogP contribution in [-0.2, 0) is 0 Å². The molecule has 0 spiro atoms. The molecule has 0 aliphatic heterocycles. The maximum atomic E-state index is 5.94. The molecule has 0 amide bonds. The average Bonchev–Trinajstić information content (AvgIpc) is 1.99. The van der Waals surface area contributed by atoms with Gasteiger partial charge in [-0.2, -0.15) is 0 Å². The fourth-order valence-corrected chi connectivity index (χ4v) is 12.3. The van der Waals surface area contributed by atoms with E-state index in [2.05, 4.69) is 229 Å². The maximum Gasteiger partial charge on any atom is 0.00777 e. The van der Waals surface area contributed by atoms with Crippen molar-refractivity contribution in [3.8, 4) is 12.3 Å². The minimum atomic E-state index is 0.505. The van der Waals surface area contributed by atoms with Crippen molar-refractivity contribution >= 4 is 0 Å². The number of nitrogens with two attached hydrogens (primary N) is 1. The molecule has 9 unspecified atom stereocenters. The second-order valence-corrected chi connectivity index (χ2v) is 24.2. The fraction of sp³-hybridized carbons (Fsp3) is 0.706. The minimum Gasteiger partial charge on any atom is -0.402 e. The van der Waals surface area contributed by atoms with Crippen molar-refractivity contribution < 1.29 is 0 Å². The predicted molar refractivity (Wildman–Crippen MR) is 406 cm³/mol. The molecule has 0 saturated heterocycles. The second-order valence-electron chi connectivity index (χ2n) is 24.2. The molecular weight excluding hydrogens is 1030 g/mol. The van der Waals surface area contributed by atoms with E-state index >= 15 is 0 Å². The molecule has 86 heavy (non-hydrogen) atoms. The molecule has 1 fully saturated rings. The largest absolute Gasteiger partial charge is 0.402 e. The van der Waals surface area contributed by atoms with Crippen LogP contribution in [0.4, 0.5) is 0 Å². The van der Waals surface area contributed by atoms with Gasteiger partial charge in [0.2, 0.25) is 0 Å². The highest BCUT2D eigenvalue weighted by molar-refractivity contribution is 5.28. The smallest absolute Gasteiger partial charge is 0.00777 e. The second kappa shape index (κ2) is 72.0. The molecule has 2 N–H and O–H groups in total. The van der Waals surface area contributed by atoms with Gasteiger partial charge < -0.3 is 5.73 Å². The Morgan fingerprint density at radius 2 is 1.35 bits per heavy atom. The van der Waals surface area contributed by atoms with Crippen LogP contribution in [0.3, 0.4) is 0 Å². The summed E-state index contributed by atoms with van der Waals surface area (Å²) in [6.45, 7) is 72.0. The zero-order chi connectivity index (χ0) is 67.7. The Kier molecular flexibility index (Phi) is 80.3. The predicted octanol–water partition coefficient (Wildman–Crippen LogP) is 29.0. The van der Waals surface area contributed by atoms with Gasteiger partial charge in [-0.15, -0.1) is 31.9 Å². The first-order valence-corrected chi connectivity index (χ1v) is 36.5. The lowest BCUT2D eigenvalue weighted by Gasteiger charge is -2.48. The van der Waals surface area contributed by atoms with Gasteiger partial charge in [0.15, 0.2) is 0 Å². The Morgan fingerprint density at radius 3 is 1.76 bits per heavy atom. The van der Waals surface area contributed by atoms with E-state index in [1.807, 2.05) is 48.5 Å². The molecule has 1 nitrogen and oxygen atoms in total. The Bertz CT molecular complexity index is 1780. The summed E-state index contributed by atoms with van der Waals surface area (Å²) in [7, 11) is 0. The molecule has 3 aliphatic rings. The Labute approximate surface area is 545 Å². The third-order valence-corrected chi connectivity index (χ3v) is 16.6. The van der Waals surface area contributed by atoms with Gasteiger partial charge in [0.05, 0.1) is 0 Å². The van der Waals surface area contributed by atoms with Crippen LogP contribution in [0.15, 0.2) is 140 Å². The van der Waals surface area contributed by atoms with Gasteiger partial charge in [-0.3, -0.25) is 0 Å². The van der Waals surface area contributed by atoms with Crippen LogP contribution in [0.1, 0.15) is 320 Å². The van der Waals surface area contributed by atoms with Gasteiger partial charge in [-0.25, -0.2) is 0 Å². The first-order valence-electron chi connectivity index (χ1n) is 36.5. The van der Waals surface area contributed by atoms with E-state index in [-0.39, 0.29) is 0 Å². The molecule has 3 aliphatic carbocycles. The summed E-state index contributed by atoms with van der Waals surface area (Å²) in [5.41, 5.74) is 16.7. The topological polar surface area (TPSA) is 26.0 Å². The van der Waals surface area contributed by atoms with Gasteiger partial charge in [-0.05, 0) is 173 Å². The number of terminal acetylenes is 1. The molecule has 3 rings (SSSR count). The molecular formula is C85H157N. The molecule has 0 radical (unpaired) electrons. The van der Waals surface area contributed by atoms with Gasteiger partial charge >= 0.3 is 0 Å². The van der Waals surface area contributed by atoms with Crippen molar-refractivity contribution in [3.63, 3.8) is 0 Å². The van der Waals surface area contributed by atoms with Crippen LogP contribution in [-0.4, -0.2) is 0 Å². The van der Waals surface area contributed by atoms with Gasteiger partial charge in [0.25, 0.3) is 0 Å². The molecule has 0 aromatic carbocycles. The summed E-state index contributed by atoms with van der Waals surface area (Å²) >= 11 is 0. The van der Waals surface area contributed by atoms with Crippen LogP contribution in [0.25, 0.3) is 0 Å². The monoisotopic (exact) mass is 1190 g/mol. The zero-order valence-electron chi connectivity index (χ0n) is 63.0. The molecule has 9 atom stereocenters. The third-order valence-electron chi connectivity index (χ3n) is 16.6. The third kappa shape index (κ3) is 50.2. The SMILES string of the molecule is C#CC=C.C=C/C(CC)=C(\CC)C(C(C)C)C1C(CC)CCC(C=C)C1CCC.C=CC.C=CC(CC)C1=C=CC=CC(CC(C)C)C1.CC.CC.CC.CC/C=C(/CC)C(C)C.CCCCC1CC=CCC=C1N.CCCCCCC(C)CCC. The van der Waals surface area contributed by atoms with Crippen molar-refractivity contribution in [2.45, 2.75) is 320 Å². The molecule has 502 valence electrons. The van der Waals surface area contributed by atoms with E-state index in [0.717, 1.165) is 73.3 Å². The van der Waals surface area contributed by atoms with Gasteiger partial charge in [-0.1, -0.05) is 321 Å². The van der Waals surface area contributed by atoms with E-state index in [1.54, 1.807) is 17.2 Å². The van der Waals surface area contributed by atoms with Crippen LogP contribution in [0, 0.1) is 83.4 Å². The Hall–Kier alpha value is -3.72. The molecule has 0 bridgehead atoms. The van der Waals surface area contributed by atoms with E-state index in [9.17, 15) is 0 Å². The van der Waals surface area contributed by atoms with Crippen molar-refractivity contribution in [3.05, 3.63) is 140 Å². The van der Waals surface area contributed by atoms with Crippen LogP contribution < -0.4 is 5.73 Å². The highest BCUT2D eigenvalue weighted by atomic mass is 14.6. The number of allylic oxidation sites excluding steroid dienone is 16. The molecule has 0 aromatic rings. The van der Waals surface area contributed by atoms with Crippen molar-refractivity contribution in [2.75, 3.05) is 0 Å². The van der Waals surface area contributed by atoms with Crippen LogP contribution in [0.5, 0.6) is 0 Å². The first kappa shape index (κ1) is 95.9. The van der Waals surface area contributed by atoms with Gasteiger partial charge in [0.1, 0.15) is 0 Å². The van der Waals surface area contributed by atoms with Crippen LogP contribution >= 0.6 is 0 Å². The van der Waals surface area contributed by atoms with E-state index in [4.69, 9.17) is 5.73 Å². The zero-order valence-corrected chi connectivity index (χ0v) is 63.0. The number of rotatable bonds is 28. The highest BCUT2D eigenvalue weighted by Gasteiger charge is 2.43. The summed E-state index contributed by atoms with van der Waals surface area (Å²) < 4.78 is 0. The number of hydrogen-bond donors (Lipinski definition) is 1. The Balaban J connectivity index is -0.000000179. The Morgan fingerprint density at radius 1 is 0.744 bits per heavy atom. The molecule has 1 saturated carbocycles. The van der Waals surface area contributed by atoms with Gasteiger partial charge in [0, 0.05) is 17.5 Å². The lowest BCUT2D eigenvalue weighted by atomic mass is 9.56. The quantitative estimate of drug-likeness (QED) is 0.0273. The number of unbranched alkanes of at least 4 members (excludes halogenated alkanes) is 4. The van der Waals surface area contributed by atoms with Crippen LogP contribution in [0.2, 0.25) is 0 Å². The summed E-state index contributed by atoms with van der Waals surface area (Å²) in [5.74, 6) is 11.0. The van der Waals surface area contributed by atoms with E-state index < -0.39 is 0 Å². The normalized spacial score (nSPS) is 19.4.